The van der Waals surface area contributed by atoms with Crippen molar-refractivity contribution >= 4 is 30.2 Å². The van der Waals surface area contributed by atoms with E-state index in [1.165, 1.54) is 13.8 Å². The fraction of sp³-hybridized carbons (Fsp3) is 0.911. The SMILES string of the molecule is CC(=O)OC[C@H]1O[C@@H](O[C@H]2[C@H](O[C@@H]3O[C@@H](C)[C@H](O[C@@H]4OC[C@@H](O)[C@H](O)[C@H]4O[C@@H]4OC[C@H](O)[C@H](O)[C@H]4O[C@@H]4OC[C@H](O)[C@H](O)[C@H]4O)[C@@H](O)[C@H]3O)[C@@H](OC(=O)[C@]34CCC(C)(C)C[C@H]3C3=CC[C@@H]5[C@@]6(C)CC[C@H](O[C@@H]7O[C@H](C(=O)O)[C@@H](O)[C@H](O)[C@H]7O[C@@H]7O[C@H](CO)[C@H](O)[C@H](O)[C@H]7O)[C@@](C)(C=O)[C@@H]6CC[C@@]5(C)[C@]3(C)C[C@H]4O)O[C@@H](C)[C@H]2OC(C)=O)[C@H](O)[C@@H](O)[C@@H]1O. The van der Waals surface area contributed by atoms with E-state index in [0.717, 1.165) is 25.7 Å². The summed E-state index contributed by atoms with van der Waals surface area (Å²) in [6.45, 7) is 13.4. The van der Waals surface area contributed by atoms with Gasteiger partial charge in [0, 0.05) is 13.8 Å². The van der Waals surface area contributed by atoms with Crippen molar-refractivity contribution in [2.24, 2.45) is 50.2 Å². The van der Waals surface area contributed by atoms with Gasteiger partial charge in [-0.2, -0.15) is 0 Å². The van der Waals surface area contributed by atoms with Crippen molar-refractivity contribution in [3.05, 3.63) is 11.6 Å². The largest absolute Gasteiger partial charge is 0.479 e. The summed E-state index contributed by atoms with van der Waals surface area (Å²) in [4.78, 5) is 68.7. The van der Waals surface area contributed by atoms with Crippen molar-refractivity contribution in [1.29, 1.82) is 0 Å². The van der Waals surface area contributed by atoms with Crippen LogP contribution in [0.4, 0.5) is 0 Å². The van der Waals surface area contributed by atoms with Crippen LogP contribution in [-0.4, -0.2) is 405 Å². The number of esters is 3. The van der Waals surface area contributed by atoms with Gasteiger partial charge in [0.05, 0.1) is 56.3 Å². The Hall–Kier alpha value is -4.07. The second-order valence-corrected chi connectivity index (χ2v) is 37.1. The molecule has 43 nitrogen and oxygen atoms in total. The predicted octanol–water partition coefficient (Wildman–Crippen LogP) is -7.38. The maximum absolute atomic E-state index is 16.5. The minimum Gasteiger partial charge on any atom is -0.479 e. The van der Waals surface area contributed by atoms with Crippen LogP contribution < -0.4 is 0 Å². The Kier molecular flexibility index (Phi) is 28.7. The highest BCUT2D eigenvalue weighted by atomic mass is 16.8. The van der Waals surface area contributed by atoms with Gasteiger partial charge in [-0.25, -0.2) is 4.79 Å². The number of rotatable bonds is 22. The quantitative estimate of drug-likeness (QED) is 0.0157. The van der Waals surface area contributed by atoms with Crippen molar-refractivity contribution < 1.29 is 211 Å². The van der Waals surface area contributed by atoms with Gasteiger partial charge >= 0.3 is 23.9 Å². The van der Waals surface area contributed by atoms with Crippen molar-refractivity contribution in [3.8, 4) is 0 Å². The van der Waals surface area contributed by atoms with Gasteiger partial charge in [-0.05, 0) is 111 Å². The molecule has 8 heterocycles. The maximum atomic E-state index is 16.5. The standard InChI is InChI=1S/C79H122O43/c1-27-56(115-69-60(44(90)35(86)23-107-69)119-70-59(43(89)34(85)24-108-70)117-65-52(98)42(88)33(84)22-106-65)51(97)55(101)66(109-27)121-63-62(120-68-54(100)48(94)46(92)37(113-68)25-105-29(3)82)57(111-30(4)83)28(2)110-72(63)122-73(104)79-18-17-74(5,6)19-32(79)31-11-12-39-75(7)15-14-41(76(8,26-81)38(75)13-16-77(39,9)78(31,10)20-40(79)87)114-71-61(50(96)49(95)58(116-71)64(102)103)118-67-53(99)47(93)45(91)36(21-80)112-67/h11,26-28,32-63,65-72,80,84-101H,12-25H2,1-10H3,(H,102,103)/t27-,28-,32-,33-,34-,35+,36+,37+,38+,39+,40+,41-,42-,43-,44-,45-,46+,47-,48-,49-,50-,51-,52+,53+,54+,55+,56-,57+,58-,59+,60+,61+,62+,63-,65-,66-,67-,68-,69-,70-,71+,72+,75-,76-,77+,78+,79+/m0/s1. The number of carbonyl (C=O) groups is 5. The highest BCUT2D eigenvalue weighted by Gasteiger charge is 2.74. The second kappa shape index (κ2) is 36.7. The van der Waals surface area contributed by atoms with Crippen LogP contribution in [0.3, 0.4) is 0 Å². The zero-order chi connectivity index (χ0) is 89.2. The molecule has 8 aliphatic heterocycles. The lowest BCUT2D eigenvalue weighted by Crippen LogP contribution is -2.69. The van der Waals surface area contributed by atoms with Crippen molar-refractivity contribution in [2.45, 2.75) is 367 Å². The van der Waals surface area contributed by atoms with E-state index in [-0.39, 0.29) is 25.2 Å². The number of hydrogen-bond donors (Lipinski definition) is 20. The number of fused-ring (bicyclic) bond motifs is 7. The number of carboxylic acid groups (broad SMARTS) is 1. The third-order valence-electron chi connectivity index (χ3n) is 29.1. The molecule has 696 valence electrons. The van der Waals surface area contributed by atoms with E-state index >= 15 is 4.79 Å². The molecule has 8 saturated heterocycles. The first-order chi connectivity index (χ1) is 57.2. The van der Waals surface area contributed by atoms with E-state index in [1.54, 1.807) is 6.92 Å². The van der Waals surface area contributed by atoms with E-state index in [1.807, 2.05) is 13.8 Å². The summed E-state index contributed by atoms with van der Waals surface area (Å²) in [5.41, 5.74) is -5.36. The molecule has 4 saturated carbocycles. The topological polar surface area (TPSA) is 656 Å². The number of carbonyl (C=O) groups excluding carboxylic acids is 4. The van der Waals surface area contributed by atoms with Crippen molar-refractivity contribution in [1.82, 2.24) is 0 Å². The first-order valence-corrected chi connectivity index (χ1v) is 41.7. The molecule has 0 unspecified atom stereocenters. The van der Waals surface area contributed by atoms with Crippen LogP contribution in [0.25, 0.3) is 0 Å². The van der Waals surface area contributed by atoms with Gasteiger partial charge in [0.1, 0.15) is 165 Å². The molecule has 0 amide bonds. The number of ether oxygens (including phenoxy) is 18. The highest BCUT2D eigenvalue weighted by Crippen LogP contribution is 2.76. The van der Waals surface area contributed by atoms with Crippen LogP contribution in [0.5, 0.6) is 0 Å². The number of aliphatic carboxylic acids is 1. The lowest BCUT2D eigenvalue weighted by molar-refractivity contribution is -0.398. The molecule has 0 aromatic carbocycles. The second-order valence-electron chi connectivity index (χ2n) is 37.1. The third kappa shape index (κ3) is 17.3. The third-order valence-corrected chi connectivity index (χ3v) is 29.1. The molecular weight excluding hydrogens is 1640 g/mol. The molecule has 47 atom stereocenters. The maximum Gasteiger partial charge on any atom is 0.335 e. The molecule has 5 aliphatic carbocycles. The van der Waals surface area contributed by atoms with E-state index in [9.17, 15) is 121 Å². The smallest absolute Gasteiger partial charge is 0.335 e. The summed E-state index contributed by atoms with van der Waals surface area (Å²) < 4.78 is 109. The molecule has 0 spiro atoms. The Labute approximate surface area is 700 Å². The normalized spacial score (nSPS) is 52.7. The van der Waals surface area contributed by atoms with Crippen LogP contribution in [0.15, 0.2) is 11.6 Å². The fourth-order valence-electron chi connectivity index (χ4n) is 21.9. The fourth-order valence-corrected chi connectivity index (χ4v) is 21.9. The van der Waals surface area contributed by atoms with Crippen LogP contribution >= 0.6 is 0 Å². The summed E-state index contributed by atoms with van der Waals surface area (Å²) in [6.07, 6.45) is -67.7. The van der Waals surface area contributed by atoms with Gasteiger partial charge in [0.2, 0.25) is 6.29 Å². The molecule has 0 aromatic rings. The number of carboxylic acids is 1. The number of aldehydes is 1. The van der Waals surface area contributed by atoms with E-state index in [2.05, 4.69) is 26.8 Å². The summed E-state index contributed by atoms with van der Waals surface area (Å²) in [6, 6.07) is 0. The van der Waals surface area contributed by atoms with Gasteiger partial charge in [0.15, 0.2) is 62.3 Å². The van der Waals surface area contributed by atoms with Crippen LogP contribution in [-0.2, 0) is 109 Å². The molecule has 13 rings (SSSR count). The number of aliphatic hydroxyl groups excluding tert-OH is 19. The average molecular weight is 1760 g/mol. The van der Waals surface area contributed by atoms with Crippen LogP contribution in [0.1, 0.15) is 127 Å². The van der Waals surface area contributed by atoms with Crippen LogP contribution in [0.2, 0.25) is 0 Å². The molecule has 13 aliphatic rings. The highest BCUT2D eigenvalue weighted by molar-refractivity contribution is 5.80. The Morgan fingerprint density at radius 1 is 0.459 bits per heavy atom. The van der Waals surface area contributed by atoms with Crippen molar-refractivity contribution in [2.75, 3.05) is 33.0 Å². The Balaban J connectivity index is 0.791. The minimum atomic E-state index is -2.29. The lowest BCUT2D eigenvalue weighted by atomic mass is 9.33. The molecule has 0 aromatic heterocycles. The molecule has 43 heteroatoms. The predicted molar refractivity (Wildman–Crippen MR) is 394 cm³/mol. The molecule has 0 radical (unpaired) electrons. The summed E-state index contributed by atoms with van der Waals surface area (Å²) in [5.74, 6) is -6.15. The monoisotopic (exact) mass is 1760 g/mol. The van der Waals surface area contributed by atoms with Gasteiger partial charge in [-0.15, -0.1) is 0 Å². The summed E-state index contributed by atoms with van der Waals surface area (Å²) in [7, 11) is 0. The van der Waals surface area contributed by atoms with E-state index in [4.69, 9.17) is 85.3 Å². The number of aliphatic hydroxyl groups is 19. The van der Waals surface area contributed by atoms with Gasteiger partial charge < -0.3 is 192 Å². The van der Waals surface area contributed by atoms with Crippen molar-refractivity contribution in [3.63, 3.8) is 0 Å². The average Bonchev–Trinajstić information content (AvgIpc) is 0.668. The Morgan fingerprint density at radius 2 is 0.959 bits per heavy atom. The summed E-state index contributed by atoms with van der Waals surface area (Å²) >= 11 is 0. The van der Waals surface area contributed by atoms with E-state index < -0.39 is 341 Å². The Morgan fingerprint density at radius 3 is 1.55 bits per heavy atom. The number of hydrogen-bond acceptors (Lipinski definition) is 42. The molecule has 20 N–H and O–H groups in total. The molecular formula is C79H122O43. The van der Waals surface area contributed by atoms with Crippen LogP contribution in [0, 0.1) is 50.2 Å². The van der Waals surface area contributed by atoms with E-state index in [0.29, 0.717) is 38.5 Å². The minimum absolute atomic E-state index is 0.000856. The molecule has 12 fully saturated rings. The zero-order valence-electron chi connectivity index (χ0n) is 69.1. The number of allylic oxidation sites excluding steroid dienone is 2. The van der Waals surface area contributed by atoms with Gasteiger partial charge in [-0.1, -0.05) is 53.2 Å². The van der Waals surface area contributed by atoms with Gasteiger partial charge in [0.25, 0.3) is 0 Å². The summed E-state index contributed by atoms with van der Waals surface area (Å²) in [5, 5.41) is 223. The lowest BCUT2D eigenvalue weighted by Gasteiger charge is -2.71. The first-order valence-electron chi connectivity index (χ1n) is 41.7. The molecule has 0 bridgehead atoms. The zero-order valence-corrected chi connectivity index (χ0v) is 69.1. The van der Waals surface area contributed by atoms with Gasteiger partial charge in [-0.3, -0.25) is 14.4 Å². The molecule has 122 heavy (non-hydrogen) atoms. The Bertz CT molecular complexity index is 3670. The first kappa shape index (κ1) is 95.5.